The molecule has 34 heavy (non-hydrogen) atoms. The first-order valence-corrected chi connectivity index (χ1v) is 10.2. The van der Waals surface area contributed by atoms with Crippen LogP contribution in [0.25, 0.3) is 0 Å². The van der Waals surface area contributed by atoms with Gasteiger partial charge in [0.05, 0.1) is 37.1 Å². The number of esters is 1. The van der Waals surface area contributed by atoms with E-state index in [0.717, 1.165) is 17.0 Å². The first-order chi connectivity index (χ1) is 16.1. The van der Waals surface area contributed by atoms with Crippen molar-refractivity contribution >= 4 is 17.7 Å². The molecule has 2 aliphatic heterocycles. The fourth-order valence-electron chi connectivity index (χ4n) is 4.42. The number of alkyl halides is 3. The molecular formula is C23H19F5N2O4. The number of nitrogens with zero attached hydrogens (tertiary/aromatic N) is 2. The molecule has 2 aromatic carbocycles. The molecule has 2 heterocycles. The van der Waals surface area contributed by atoms with E-state index in [2.05, 4.69) is 0 Å². The zero-order valence-electron chi connectivity index (χ0n) is 18.1. The van der Waals surface area contributed by atoms with Crippen molar-refractivity contribution in [2.75, 3.05) is 25.2 Å². The lowest BCUT2D eigenvalue weighted by Gasteiger charge is -2.48. The van der Waals surface area contributed by atoms with E-state index in [9.17, 15) is 27.2 Å². The van der Waals surface area contributed by atoms with E-state index in [0.29, 0.717) is 22.3 Å². The van der Waals surface area contributed by atoms with Crippen LogP contribution in [0.2, 0.25) is 0 Å². The molecule has 0 aliphatic carbocycles. The predicted molar refractivity (Wildman–Crippen MR) is 110 cm³/mol. The predicted octanol–water partition coefficient (Wildman–Crippen LogP) is 4.68. The molecule has 4 rings (SSSR count). The molecule has 2 aliphatic rings. The molecule has 0 bridgehead atoms. The number of anilines is 1. The number of halogens is 5. The third kappa shape index (κ3) is 3.29. The normalized spacial score (nSPS) is 19.5. The van der Waals surface area contributed by atoms with Gasteiger partial charge in [-0.25, -0.2) is 18.4 Å². The molecule has 180 valence electrons. The summed E-state index contributed by atoms with van der Waals surface area (Å²) in [6.07, 6.45) is -4.50. The average Bonchev–Trinajstić information content (AvgIpc) is 3.21. The van der Waals surface area contributed by atoms with Gasteiger partial charge in [-0.3, -0.25) is 9.80 Å². The molecule has 0 aromatic heterocycles. The van der Waals surface area contributed by atoms with Gasteiger partial charge in [-0.2, -0.15) is 13.2 Å². The first kappa shape index (κ1) is 23.5. The van der Waals surface area contributed by atoms with Gasteiger partial charge < -0.3 is 9.47 Å². The van der Waals surface area contributed by atoms with Crippen LogP contribution >= 0.6 is 0 Å². The van der Waals surface area contributed by atoms with Crippen LogP contribution in [-0.2, 0) is 21.6 Å². The molecule has 0 spiro atoms. The monoisotopic (exact) mass is 482 g/mol. The SMILES string of the molecule is CCOC(=O)C1=CCN2C(=O)N(Cc3ccc(OC)cc3)c3ccc(F)c(F)c3C12C(F)(F)F. The number of fused-ring (bicyclic) bond motifs is 3. The van der Waals surface area contributed by atoms with Crippen molar-refractivity contribution in [2.45, 2.75) is 25.2 Å². The second-order valence-corrected chi connectivity index (χ2v) is 7.63. The first-order valence-electron chi connectivity index (χ1n) is 10.2. The maximum atomic E-state index is 15.2. The topological polar surface area (TPSA) is 59.1 Å². The van der Waals surface area contributed by atoms with Gasteiger partial charge in [0.1, 0.15) is 5.75 Å². The molecule has 1 atom stereocenters. The summed E-state index contributed by atoms with van der Waals surface area (Å²) in [5, 5.41) is 0. The Morgan fingerprint density at radius 2 is 1.79 bits per heavy atom. The number of amides is 2. The van der Waals surface area contributed by atoms with Gasteiger partial charge in [-0.1, -0.05) is 18.2 Å². The Hall–Kier alpha value is -3.63. The maximum absolute atomic E-state index is 15.2. The summed E-state index contributed by atoms with van der Waals surface area (Å²) in [6, 6.07) is 6.78. The fourth-order valence-corrected chi connectivity index (χ4v) is 4.42. The molecule has 0 saturated carbocycles. The highest BCUT2D eigenvalue weighted by molar-refractivity contribution is 6.02. The van der Waals surface area contributed by atoms with E-state index < -0.39 is 58.7 Å². The van der Waals surface area contributed by atoms with Crippen molar-refractivity contribution in [3.05, 3.63) is 70.8 Å². The quantitative estimate of drug-likeness (QED) is 0.459. The molecule has 0 saturated heterocycles. The third-order valence-corrected chi connectivity index (χ3v) is 5.87. The highest BCUT2D eigenvalue weighted by atomic mass is 19.4. The van der Waals surface area contributed by atoms with Crippen LogP contribution in [0.4, 0.5) is 32.4 Å². The van der Waals surface area contributed by atoms with Gasteiger partial charge in [0.2, 0.25) is 5.54 Å². The minimum Gasteiger partial charge on any atom is -0.497 e. The average molecular weight is 482 g/mol. The van der Waals surface area contributed by atoms with Crippen LogP contribution in [0.1, 0.15) is 18.1 Å². The molecule has 0 N–H and O–H groups in total. The largest absolute Gasteiger partial charge is 0.497 e. The molecule has 1 unspecified atom stereocenters. The second kappa shape index (κ2) is 8.30. The van der Waals surface area contributed by atoms with E-state index in [1.807, 2.05) is 0 Å². The number of hydrogen-bond donors (Lipinski definition) is 0. The van der Waals surface area contributed by atoms with E-state index in [1.54, 1.807) is 24.3 Å². The van der Waals surface area contributed by atoms with E-state index in [1.165, 1.54) is 14.0 Å². The number of benzene rings is 2. The number of hydrogen-bond acceptors (Lipinski definition) is 4. The van der Waals surface area contributed by atoms with Crippen molar-refractivity contribution in [3.63, 3.8) is 0 Å². The Balaban J connectivity index is 1.95. The summed E-state index contributed by atoms with van der Waals surface area (Å²) in [6.45, 7) is 0.253. The number of carbonyl (C=O) groups excluding carboxylic acids is 2. The molecule has 0 radical (unpaired) electrons. The Labute approximate surface area is 191 Å². The lowest BCUT2D eigenvalue weighted by molar-refractivity contribution is -0.213. The minimum atomic E-state index is -5.37. The van der Waals surface area contributed by atoms with Gasteiger partial charge in [0.15, 0.2) is 11.6 Å². The van der Waals surface area contributed by atoms with Crippen molar-refractivity contribution in [3.8, 4) is 5.75 Å². The summed E-state index contributed by atoms with van der Waals surface area (Å²) in [5.41, 5.74) is -5.67. The summed E-state index contributed by atoms with van der Waals surface area (Å²) in [4.78, 5) is 27.2. The molecular weight excluding hydrogens is 463 g/mol. The summed E-state index contributed by atoms with van der Waals surface area (Å²) < 4.78 is 83.7. The fraction of sp³-hybridized carbons (Fsp3) is 0.304. The summed E-state index contributed by atoms with van der Waals surface area (Å²) in [5.74, 6) is -4.20. The number of methoxy groups -OCH3 is 1. The minimum absolute atomic E-state index is 0.236. The molecule has 2 amide bonds. The van der Waals surface area contributed by atoms with Crippen LogP contribution in [0.3, 0.4) is 0 Å². The van der Waals surface area contributed by atoms with Crippen molar-refractivity contribution < 1.29 is 41.0 Å². The van der Waals surface area contributed by atoms with Gasteiger partial charge in [0.25, 0.3) is 0 Å². The zero-order valence-corrected chi connectivity index (χ0v) is 18.1. The summed E-state index contributed by atoms with van der Waals surface area (Å²) >= 11 is 0. The number of carbonyl (C=O) groups is 2. The van der Waals surface area contributed by atoms with Crippen LogP contribution in [-0.4, -0.2) is 43.3 Å². The zero-order chi connectivity index (χ0) is 24.8. The lowest BCUT2D eigenvalue weighted by atomic mass is 9.79. The van der Waals surface area contributed by atoms with E-state index >= 15 is 4.39 Å². The second-order valence-electron chi connectivity index (χ2n) is 7.63. The van der Waals surface area contributed by atoms with Crippen molar-refractivity contribution in [2.24, 2.45) is 0 Å². The third-order valence-electron chi connectivity index (χ3n) is 5.87. The Bertz CT molecular complexity index is 1180. The number of urea groups is 1. The van der Waals surface area contributed by atoms with Gasteiger partial charge in [-0.15, -0.1) is 0 Å². The van der Waals surface area contributed by atoms with E-state index in [-0.39, 0.29) is 13.2 Å². The van der Waals surface area contributed by atoms with Crippen LogP contribution in [0.15, 0.2) is 48.0 Å². The summed E-state index contributed by atoms with van der Waals surface area (Å²) in [7, 11) is 1.45. The van der Waals surface area contributed by atoms with Crippen molar-refractivity contribution in [1.29, 1.82) is 0 Å². The standard InChI is InChI=1S/C23H19F5N2O4/c1-3-34-20(31)15-10-11-30-21(32)29(12-13-4-6-14(33-2)7-5-13)17-9-8-16(24)19(25)18(17)22(15,30)23(26,27)28/h4-10H,3,11-12H2,1-2H3. The Morgan fingerprint density at radius 1 is 1.12 bits per heavy atom. The van der Waals surface area contributed by atoms with Gasteiger partial charge >= 0.3 is 18.2 Å². The number of ether oxygens (including phenoxy) is 2. The lowest BCUT2D eigenvalue weighted by Crippen LogP contribution is -2.64. The van der Waals surface area contributed by atoms with E-state index in [4.69, 9.17) is 9.47 Å². The Kier molecular flexibility index (Phi) is 5.74. The van der Waals surface area contributed by atoms with Gasteiger partial charge in [0, 0.05) is 6.54 Å². The Morgan fingerprint density at radius 3 is 2.38 bits per heavy atom. The van der Waals surface area contributed by atoms with Gasteiger partial charge in [-0.05, 0) is 36.8 Å². The van der Waals surface area contributed by atoms with Crippen LogP contribution in [0.5, 0.6) is 5.75 Å². The van der Waals surface area contributed by atoms with Crippen LogP contribution in [0, 0.1) is 11.6 Å². The molecule has 6 nitrogen and oxygen atoms in total. The maximum Gasteiger partial charge on any atom is 0.420 e. The van der Waals surface area contributed by atoms with Crippen molar-refractivity contribution in [1.82, 2.24) is 4.90 Å². The smallest absolute Gasteiger partial charge is 0.420 e. The number of rotatable bonds is 5. The van der Waals surface area contributed by atoms with Crippen LogP contribution < -0.4 is 9.64 Å². The highest BCUT2D eigenvalue weighted by Gasteiger charge is 2.71. The molecule has 11 heteroatoms. The molecule has 2 aromatic rings. The highest BCUT2D eigenvalue weighted by Crippen LogP contribution is 2.58. The molecule has 0 fully saturated rings.